The van der Waals surface area contributed by atoms with Crippen LogP contribution in [0.1, 0.15) is 52.9 Å². The molecular weight excluding hydrogens is 296 g/mol. The van der Waals surface area contributed by atoms with Gasteiger partial charge in [0.05, 0.1) is 5.60 Å². The molecule has 23 heavy (non-hydrogen) atoms. The largest absolute Gasteiger partial charge is 0.456 e. The molecular formula is C18H26O5. The Morgan fingerprint density at radius 2 is 1.96 bits per heavy atom. The van der Waals surface area contributed by atoms with Gasteiger partial charge in [-0.25, -0.2) is 9.59 Å². The zero-order valence-electron chi connectivity index (χ0n) is 14.2. The third-order valence-corrected chi connectivity index (χ3v) is 6.10. The van der Waals surface area contributed by atoms with Gasteiger partial charge in [-0.15, -0.1) is 0 Å². The fraction of sp³-hybridized carbons (Fsp3) is 0.778. The van der Waals surface area contributed by atoms with E-state index in [0.29, 0.717) is 5.92 Å². The fourth-order valence-electron chi connectivity index (χ4n) is 5.53. The van der Waals surface area contributed by atoms with Crippen LogP contribution in [0.5, 0.6) is 0 Å². The zero-order chi connectivity index (χ0) is 17.0. The van der Waals surface area contributed by atoms with Gasteiger partial charge in [0.1, 0.15) is 5.60 Å². The number of carbonyl (C=O) groups is 2. The molecule has 5 nitrogen and oxygen atoms in total. The zero-order valence-corrected chi connectivity index (χ0v) is 14.2. The van der Waals surface area contributed by atoms with Crippen molar-refractivity contribution in [2.45, 2.75) is 64.1 Å². The van der Waals surface area contributed by atoms with E-state index in [-0.39, 0.29) is 16.9 Å². The number of hydrogen-bond acceptors (Lipinski definition) is 5. The van der Waals surface area contributed by atoms with Crippen LogP contribution in [0.2, 0.25) is 0 Å². The van der Waals surface area contributed by atoms with Gasteiger partial charge in [0, 0.05) is 11.5 Å². The lowest BCUT2D eigenvalue weighted by Crippen LogP contribution is -2.68. The minimum atomic E-state index is -0.747. The topological polar surface area (TPSA) is 72.8 Å². The Labute approximate surface area is 137 Å². The summed E-state index contributed by atoms with van der Waals surface area (Å²) < 4.78 is 10.7. The van der Waals surface area contributed by atoms with Crippen molar-refractivity contribution in [1.82, 2.24) is 0 Å². The van der Waals surface area contributed by atoms with Gasteiger partial charge in [0.15, 0.2) is 6.61 Å². The van der Waals surface area contributed by atoms with Crippen molar-refractivity contribution < 1.29 is 24.2 Å². The van der Waals surface area contributed by atoms with Crippen LogP contribution in [0.4, 0.5) is 0 Å². The van der Waals surface area contributed by atoms with E-state index in [0.717, 1.165) is 32.1 Å². The first kappa shape index (κ1) is 16.5. The van der Waals surface area contributed by atoms with Gasteiger partial charge >= 0.3 is 11.9 Å². The monoisotopic (exact) mass is 322 g/mol. The summed E-state index contributed by atoms with van der Waals surface area (Å²) in [7, 11) is 0. The second kappa shape index (κ2) is 5.07. The Kier molecular flexibility index (Phi) is 3.63. The molecule has 4 saturated carbocycles. The van der Waals surface area contributed by atoms with Crippen LogP contribution in [0.15, 0.2) is 12.2 Å². The van der Waals surface area contributed by atoms with Gasteiger partial charge in [-0.05, 0) is 50.4 Å². The molecule has 0 aromatic rings. The van der Waals surface area contributed by atoms with E-state index in [1.807, 2.05) is 6.92 Å². The first-order chi connectivity index (χ1) is 10.6. The number of ether oxygens (including phenoxy) is 2. The van der Waals surface area contributed by atoms with E-state index in [9.17, 15) is 14.7 Å². The summed E-state index contributed by atoms with van der Waals surface area (Å²) in [6.07, 6.45) is 4.24. The highest BCUT2D eigenvalue weighted by Gasteiger charge is 2.67. The predicted molar refractivity (Wildman–Crippen MR) is 83.4 cm³/mol. The maximum Gasteiger partial charge on any atom is 0.344 e. The molecule has 0 radical (unpaired) electrons. The molecule has 0 heterocycles. The van der Waals surface area contributed by atoms with Crippen LogP contribution in [0, 0.1) is 17.3 Å². The second-order valence-corrected chi connectivity index (χ2v) is 8.36. The summed E-state index contributed by atoms with van der Waals surface area (Å²) in [5, 5.41) is 11.0. The van der Waals surface area contributed by atoms with Crippen molar-refractivity contribution >= 4 is 11.9 Å². The number of esters is 2. The molecule has 0 spiro atoms. The fourth-order valence-corrected chi connectivity index (χ4v) is 5.53. The van der Waals surface area contributed by atoms with Gasteiger partial charge < -0.3 is 14.6 Å². The van der Waals surface area contributed by atoms with Gasteiger partial charge in [-0.2, -0.15) is 0 Å². The van der Waals surface area contributed by atoms with E-state index < -0.39 is 29.7 Å². The molecule has 0 aliphatic heterocycles. The van der Waals surface area contributed by atoms with Crippen LogP contribution in [-0.4, -0.2) is 34.9 Å². The average Bonchev–Trinajstić information content (AvgIpc) is 2.39. The van der Waals surface area contributed by atoms with E-state index in [4.69, 9.17) is 9.47 Å². The Morgan fingerprint density at radius 1 is 1.26 bits per heavy atom. The molecule has 4 bridgehead atoms. The maximum atomic E-state index is 12.2. The minimum absolute atomic E-state index is 0.0249. The maximum absolute atomic E-state index is 12.2. The SMILES string of the molecule is C=C(C)C(=O)OCC(=O)OC12CC3CC(C)(CC(O)(C3)C1C)C2. The Bertz CT molecular complexity index is 570. The third-order valence-electron chi connectivity index (χ3n) is 6.10. The summed E-state index contributed by atoms with van der Waals surface area (Å²) in [6.45, 7) is 8.77. The first-order valence-electron chi connectivity index (χ1n) is 8.34. The molecule has 4 aliphatic carbocycles. The normalized spacial score (nSPS) is 44.0. The molecule has 1 N–H and O–H groups in total. The van der Waals surface area contributed by atoms with E-state index in [1.165, 1.54) is 6.92 Å². The van der Waals surface area contributed by atoms with Gasteiger partial charge in [0.25, 0.3) is 0 Å². The molecule has 5 atom stereocenters. The van der Waals surface area contributed by atoms with E-state index >= 15 is 0 Å². The molecule has 0 aromatic heterocycles. The van der Waals surface area contributed by atoms with Crippen molar-refractivity contribution in [1.29, 1.82) is 0 Å². The number of aliphatic hydroxyl groups is 1. The number of rotatable bonds is 4. The van der Waals surface area contributed by atoms with Gasteiger partial charge in [0.2, 0.25) is 0 Å². The Morgan fingerprint density at radius 3 is 2.57 bits per heavy atom. The molecule has 4 fully saturated rings. The van der Waals surface area contributed by atoms with Crippen LogP contribution in [0.3, 0.4) is 0 Å². The lowest BCUT2D eigenvalue weighted by molar-refractivity contribution is -0.271. The highest BCUT2D eigenvalue weighted by atomic mass is 16.6. The minimum Gasteiger partial charge on any atom is -0.456 e. The first-order valence-corrected chi connectivity index (χ1v) is 8.34. The van der Waals surface area contributed by atoms with Crippen molar-refractivity contribution in [3.8, 4) is 0 Å². The number of hydrogen-bond donors (Lipinski definition) is 1. The summed E-state index contributed by atoms with van der Waals surface area (Å²) in [6, 6.07) is 0. The van der Waals surface area contributed by atoms with Crippen molar-refractivity contribution in [2.75, 3.05) is 6.61 Å². The van der Waals surface area contributed by atoms with Crippen LogP contribution in [-0.2, 0) is 19.1 Å². The van der Waals surface area contributed by atoms with E-state index in [1.54, 1.807) is 0 Å². The number of carbonyl (C=O) groups excluding carboxylic acids is 2. The van der Waals surface area contributed by atoms with Crippen LogP contribution < -0.4 is 0 Å². The van der Waals surface area contributed by atoms with Crippen molar-refractivity contribution in [2.24, 2.45) is 17.3 Å². The van der Waals surface area contributed by atoms with Gasteiger partial charge in [-0.1, -0.05) is 20.4 Å². The Balaban J connectivity index is 1.72. The van der Waals surface area contributed by atoms with Crippen molar-refractivity contribution in [3.05, 3.63) is 12.2 Å². The molecule has 0 aromatic carbocycles. The highest BCUT2D eigenvalue weighted by Crippen LogP contribution is 2.66. The average molecular weight is 322 g/mol. The predicted octanol–water partition coefficient (Wildman–Crippen LogP) is 2.37. The standard InChI is InChI=1S/C18H26O5/c1-11(2)15(20)22-8-14(19)23-18-7-13-5-16(4,10-18)9-17(21,6-13)12(18)3/h12-13,21H,1,5-10H2,2-4H3. The second-order valence-electron chi connectivity index (χ2n) is 8.36. The van der Waals surface area contributed by atoms with Crippen LogP contribution in [0.25, 0.3) is 0 Å². The molecule has 0 amide bonds. The molecule has 5 heteroatoms. The van der Waals surface area contributed by atoms with Crippen LogP contribution >= 0.6 is 0 Å². The van der Waals surface area contributed by atoms with Crippen molar-refractivity contribution in [3.63, 3.8) is 0 Å². The smallest absolute Gasteiger partial charge is 0.344 e. The lowest BCUT2D eigenvalue weighted by atomic mass is 9.43. The molecule has 4 rings (SSSR count). The summed E-state index contributed by atoms with van der Waals surface area (Å²) in [5.74, 6) is -0.832. The quantitative estimate of drug-likeness (QED) is 0.635. The summed E-state index contributed by atoms with van der Waals surface area (Å²) in [5.41, 5.74) is -1.10. The summed E-state index contributed by atoms with van der Waals surface area (Å²) in [4.78, 5) is 23.6. The Hall–Kier alpha value is -1.36. The van der Waals surface area contributed by atoms with Gasteiger partial charge in [-0.3, -0.25) is 0 Å². The molecule has 4 aliphatic rings. The van der Waals surface area contributed by atoms with E-state index in [2.05, 4.69) is 13.5 Å². The molecule has 5 unspecified atom stereocenters. The lowest BCUT2D eigenvalue weighted by Gasteiger charge is -2.66. The highest BCUT2D eigenvalue weighted by molar-refractivity contribution is 5.88. The molecule has 0 saturated heterocycles. The third kappa shape index (κ3) is 2.69. The molecule has 128 valence electrons. The summed E-state index contributed by atoms with van der Waals surface area (Å²) >= 11 is 0.